The van der Waals surface area contributed by atoms with Gasteiger partial charge in [-0.15, -0.1) is 0 Å². The number of ether oxygens (including phenoxy) is 2. The van der Waals surface area contributed by atoms with Gasteiger partial charge in [-0.2, -0.15) is 0 Å². The molecule has 0 amide bonds. The van der Waals surface area contributed by atoms with Crippen molar-refractivity contribution in [1.29, 1.82) is 0 Å². The Morgan fingerprint density at radius 3 is 2.35 bits per heavy atom. The summed E-state index contributed by atoms with van der Waals surface area (Å²) in [6, 6.07) is 1.54. The topological polar surface area (TPSA) is 44.5 Å². The predicted molar refractivity (Wildman–Crippen MR) is 69.2 cm³/mol. The van der Waals surface area contributed by atoms with Gasteiger partial charge in [0.2, 0.25) is 0 Å². The van der Waals surface area contributed by atoms with Crippen LogP contribution in [-0.4, -0.2) is 19.8 Å². The van der Waals surface area contributed by atoms with Crippen molar-refractivity contribution in [2.45, 2.75) is 25.8 Å². The molecule has 3 nitrogen and oxygen atoms in total. The summed E-state index contributed by atoms with van der Waals surface area (Å²) < 4.78 is 24.8. The molecule has 0 atom stereocenters. The molecule has 17 heavy (non-hydrogen) atoms. The quantitative estimate of drug-likeness (QED) is 0.930. The van der Waals surface area contributed by atoms with Gasteiger partial charge in [-0.3, -0.25) is 0 Å². The Kier molecular flexibility index (Phi) is 4.38. The second-order valence-corrected chi connectivity index (χ2v) is 5.41. The molecule has 0 aliphatic heterocycles. The van der Waals surface area contributed by atoms with Crippen molar-refractivity contribution in [3.63, 3.8) is 0 Å². The molecule has 0 saturated heterocycles. The summed E-state index contributed by atoms with van der Waals surface area (Å²) in [6.45, 7) is 3.67. The normalized spacial score (nSPS) is 11.5. The highest BCUT2D eigenvalue weighted by Crippen LogP contribution is 2.38. The summed E-state index contributed by atoms with van der Waals surface area (Å²) in [5.74, 6) is 0.521. The fourth-order valence-electron chi connectivity index (χ4n) is 1.63. The van der Waals surface area contributed by atoms with Gasteiger partial charge in [-0.1, -0.05) is 0 Å². The van der Waals surface area contributed by atoms with Gasteiger partial charge in [0.25, 0.3) is 0 Å². The first-order valence-electron chi connectivity index (χ1n) is 5.18. The van der Waals surface area contributed by atoms with Gasteiger partial charge in [0.1, 0.15) is 5.82 Å². The highest BCUT2D eigenvalue weighted by atomic mass is 79.9. The number of hydrogen-bond acceptors (Lipinski definition) is 3. The molecular weight excluding hydrogens is 289 g/mol. The van der Waals surface area contributed by atoms with Crippen molar-refractivity contribution in [3.8, 4) is 11.5 Å². The molecular formula is C12H17BrFNO2. The molecule has 0 spiro atoms. The molecule has 1 aromatic rings. The fraction of sp³-hybridized carbons (Fsp3) is 0.500. The van der Waals surface area contributed by atoms with Crippen molar-refractivity contribution in [2.75, 3.05) is 14.2 Å². The van der Waals surface area contributed by atoms with E-state index in [0.717, 1.165) is 0 Å². The molecule has 5 heteroatoms. The Balaban J connectivity index is 3.38. The molecule has 0 saturated carbocycles. The number of halogens is 2. The first kappa shape index (κ1) is 14.3. The Morgan fingerprint density at radius 2 is 1.94 bits per heavy atom. The van der Waals surface area contributed by atoms with Gasteiger partial charge >= 0.3 is 0 Å². The van der Waals surface area contributed by atoms with Gasteiger partial charge < -0.3 is 15.2 Å². The summed E-state index contributed by atoms with van der Waals surface area (Å²) >= 11 is 3.16. The van der Waals surface area contributed by atoms with E-state index in [1.165, 1.54) is 14.2 Å². The summed E-state index contributed by atoms with van der Waals surface area (Å²) in [7, 11) is 3.00. The van der Waals surface area contributed by atoms with Crippen LogP contribution in [0.3, 0.4) is 0 Å². The van der Waals surface area contributed by atoms with Crippen LogP contribution in [0.25, 0.3) is 0 Å². The minimum absolute atomic E-state index is 0.342. The minimum atomic E-state index is -0.528. The van der Waals surface area contributed by atoms with Crippen molar-refractivity contribution in [1.82, 2.24) is 0 Å². The maximum atomic E-state index is 14.1. The predicted octanol–water partition coefficient (Wildman–Crippen LogP) is 2.89. The Labute approximate surface area is 109 Å². The zero-order valence-corrected chi connectivity index (χ0v) is 12.0. The molecule has 1 rings (SSSR count). The number of benzene rings is 1. The van der Waals surface area contributed by atoms with Crippen LogP contribution in [0.5, 0.6) is 11.5 Å². The van der Waals surface area contributed by atoms with Gasteiger partial charge in [0.15, 0.2) is 11.5 Å². The Bertz CT molecular complexity index is 416. The summed E-state index contributed by atoms with van der Waals surface area (Å²) in [5, 5.41) is 0. The average Bonchev–Trinajstić information content (AvgIpc) is 2.22. The Morgan fingerprint density at radius 1 is 1.35 bits per heavy atom. The molecule has 96 valence electrons. The van der Waals surface area contributed by atoms with E-state index in [9.17, 15) is 4.39 Å². The molecule has 0 unspecified atom stereocenters. The lowest BCUT2D eigenvalue weighted by Gasteiger charge is -2.22. The summed E-state index contributed by atoms with van der Waals surface area (Å²) in [6.07, 6.45) is 0.359. The fourth-order valence-corrected chi connectivity index (χ4v) is 2.07. The molecule has 0 aromatic heterocycles. The maximum absolute atomic E-state index is 14.1. The van der Waals surface area contributed by atoms with Crippen molar-refractivity contribution < 1.29 is 13.9 Å². The van der Waals surface area contributed by atoms with E-state index in [2.05, 4.69) is 15.9 Å². The summed E-state index contributed by atoms with van der Waals surface area (Å²) in [5.41, 5.74) is 5.82. The third-order valence-corrected chi connectivity index (χ3v) is 2.86. The molecule has 0 bridgehead atoms. The van der Waals surface area contributed by atoms with E-state index in [-0.39, 0.29) is 5.82 Å². The smallest absolute Gasteiger partial charge is 0.166 e. The van der Waals surface area contributed by atoms with Gasteiger partial charge in [-0.25, -0.2) is 4.39 Å². The van der Waals surface area contributed by atoms with Crippen LogP contribution < -0.4 is 15.2 Å². The van der Waals surface area contributed by atoms with E-state index >= 15 is 0 Å². The van der Waals surface area contributed by atoms with Crippen LogP contribution >= 0.6 is 15.9 Å². The van der Waals surface area contributed by atoms with Crippen LogP contribution in [0.2, 0.25) is 0 Å². The average molecular weight is 306 g/mol. The standard InChI is InChI=1S/C12H17BrFNO2/c1-12(2,15)6-7-10(14)8(13)5-9(16-3)11(7)17-4/h5H,6,15H2,1-4H3. The van der Waals surface area contributed by atoms with Crippen LogP contribution in [0, 0.1) is 5.82 Å². The van der Waals surface area contributed by atoms with Crippen molar-refractivity contribution >= 4 is 15.9 Å². The summed E-state index contributed by atoms with van der Waals surface area (Å²) in [4.78, 5) is 0. The van der Waals surface area contributed by atoms with E-state index in [4.69, 9.17) is 15.2 Å². The van der Waals surface area contributed by atoms with Crippen molar-refractivity contribution in [2.24, 2.45) is 5.73 Å². The van der Waals surface area contributed by atoms with Gasteiger partial charge in [0, 0.05) is 17.2 Å². The number of hydrogen-bond donors (Lipinski definition) is 1. The zero-order chi connectivity index (χ0) is 13.2. The lowest BCUT2D eigenvalue weighted by atomic mass is 9.95. The molecule has 0 fully saturated rings. The third kappa shape index (κ3) is 3.33. The lowest BCUT2D eigenvalue weighted by molar-refractivity contribution is 0.343. The molecule has 2 N–H and O–H groups in total. The van der Waals surface area contributed by atoms with Crippen molar-refractivity contribution in [3.05, 3.63) is 21.9 Å². The molecule has 0 aliphatic rings. The number of rotatable bonds is 4. The van der Waals surface area contributed by atoms with Gasteiger partial charge in [0.05, 0.1) is 18.7 Å². The van der Waals surface area contributed by atoms with Gasteiger partial charge in [-0.05, 0) is 36.2 Å². The van der Waals surface area contributed by atoms with E-state index in [0.29, 0.717) is 28.0 Å². The number of methoxy groups -OCH3 is 2. The second-order valence-electron chi connectivity index (χ2n) is 4.55. The van der Waals surface area contributed by atoms with E-state index < -0.39 is 5.54 Å². The van der Waals surface area contributed by atoms with E-state index in [1.54, 1.807) is 6.07 Å². The molecule has 1 aromatic carbocycles. The highest BCUT2D eigenvalue weighted by Gasteiger charge is 2.23. The molecule has 0 radical (unpaired) electrons. The van der Waals surface area contributed by atoms with Crippen LogP contribution in [0.15, 0.2) is 10.5 Å². The highest BCUT2D eigenvalue weighted by molar-refractivity contribution is 9.10. The monoisotopic (exact) mass is 305 g/mol. The Hall–Kier alpha value is -0.810. The SMILES string of the molecule is COc1cc(Br)c(F)c(CC(C)(C)N)c1OC. The second kappa shape index (κ2) is 5.23. The maximum Gasteiger partial charge on any atom is 0.166 e. The van der Waals surface area contributed by atoms with E-state index in [1.807, 2.05) is 13.8 Å². The lowest BCUT2D eigenvalue weighted by Crippen LogP contribution is -2.35. The molecule has 0 heterocycles. The number of nitrogens with two attached hydrogens (primary N) is 1. The molecule has 0 aliphatic carbocycles. The minimum Gasteiger partial charge on any atom is -0.493 e. The third-order valence-electron chi connectivity index (χ3n) is 2.29. The zero-order valence-electron chi connectivity index (χ0n) is 10.4. The van der Waals surface area contributed by atoms with Crippen LogP contribution in [0.4, 0.5) is 4.39 Å². The van der Waals surface area contributed by atoms with Crippen LogP contribution in [-0.2, 0) is 6.42 Å². The van der Waals surface area contributed by atoms with Crippen LogP contribution in [0.1, 0.15) is 19.4 Å². The first-order valence-corrected chi connectivity index (χ1v) is 5.97. The first-order chi connectivity index (χ1) is 7.80. The largest absolute Gasteiger partial charge is 0.493 e.